The van der Waals surface area contributed by atoms with Crippen LogP contribution < -0.4 is 15.8 Å². The van der Waals surface area contributed by atoms with Gasteiger partial charge in [-0.2, -0.15) is 0 Å². The van der Waals surface area contributed by atoms with Gasteiger partial charge in [-0.1, -0.05) is 15.9 Å². The Balaban J connectivity index is 1.86. The zero-order valence-electron chi connectivity index (χ0n) is 11.1. The van der Waals surface area contributed by atoms with E-state index in [0.29, 0.717) is 6.61 Å². The van der Waals surface area contributed by atoms with E-state index in [2.05, 4.69) is 21.2 Å². The van der Waals surface area contributed by atoms with Crippen molar-refractivity contribution in [1.29, 1.82) is 0 Å². The molecule has 0 saturated heterocycles. The first-order valence-electron chi connectivity index (χ1n) is 6.47. The van der Waals surface area contributed by atoms with Gasteiger partial charge in [0.15, 0.2) is 11.6 Å². The van der Waals surface area contributed by atoms with Crippen LogP contribution in [-0.2, 0) is 13.0 Å². The molecule has 1 aliphatic heterocycles. The average molecular weight is 355 g/mol. The fourth-order valence-corrected chi connectivity index (χ4v) is 2.98. The Labute approximate surface area is 129 Å². The maximum absolute atomic E-state index is 13.7. The van der Waals surface area contributed by atoms with Gasteiger partial charge in [0.05, 0.1) is 6.61 Å². The lowest BCUT2D eigenvalue weighted by molar-refractivity contribution is 0.353. The highest BCUT2D eigenvalue weighted by Gasteiger charge is 2.18. The number of fused-ring (bicyclic) bond motifs is 1. The number of ether oxygens (including phenoxy) is 1. The van der Waals surface area contributed by atoms with Gasteiger partial charge in [0.1, 0.15) is 11.4 Å². The molecule has 0 unspecified atom stereocenters. The van der Waals surface area contributed by atoms with E-state index in [1.54, 1.807) is 0 Å². The van der Waals surface area contributed by atoms with Crippen molar-refractivity contribution in [1.82, 2.24) is 0 Å². The van der Waals surface area contributed by atoms with Crippen molar-refractivity contribution < 1.29 is 13.5 Å². The Kier molecular flexibility index (Phi) is 3.71. The van der Waals surface area contributed by atoms with E-state index >= 15 is 0 Å². The molecule has 3 nitrogen and oxygen atoms in total. The molecule has 0 saturated carbocycles. The Morgan fingerprint density at radius 3 is 2.62 bits per heavy atom. The second-order valence-corrected chi connectivity index (χ2v) is 5.78. The quantitative estimate of drug-likeness (QED) is 0.822. The topological polar surface area (TPSA) is 47.3 Å². The summed E-state index contributed by atoms with van der Waals surface area (Å²) in [5.74, 6) is -0.623. The third-order valence-corrected chi connectivity index (χ3v) is 3.80. The molecule has 0 bridgehead atoms. The number of halogens is 3. The standard InChI is InChI=1S/C15H13BrF2N2O/c16-10-3-8-1-2-21-15(8)9(4-10)7-20-14-12(17)5-11(19)6-13(14)18/h3-6,20H,1-2,7,19H2. The lowest BCUT2D eigenvalue weighted by atomic mass is 10.1. The molecule has 21 heavy (non-hydrogen) atoms. The number of anilines is 2. The van der Waals surface area contributed by atoms with E-state index in [4.69, 9.17) is 10.5 Å². The second-order valence-electron chi connectivity index (χ2n) is 4.86. The summed E-state index contributed by atoms with van der Waals surface area (Å²) in [5.41, 5.74) is 7.22. The van der Waals surface area contributed by atoms with E-state index in [9.17, 15) is 8.78 Å². The molecule has 0 radical (unpaired) electrons. The van der Waals surface area contributed by atoms with Crippen molar-refractivity contribution >= 4 is 27.3 Å². The normalized spacial score (nSPS) is 12.9. The molecule has 2 aromatic carbocycles. The first-order valence-corrected chi connectivity index (χ1v) is 7.26. The number of nitrogens with two attached hydrogens (primary N) is 1. The third-order valence-electron chi connectivity index (χ3n) is 3.35. The first-order chi connectivity index (χ1) is 10.0. The molecular weight excluding hydrogens is 342 g/mol. The predicted molar refractivity (Wildman–Crippen MR) is 81.4 cm³/mol. The molecule has 1 heterocycles. The van der Waals surface area contributed by atoms with Crippen LogP contribution in [0.3, 0.4) is 0 Å². The van der Waals surface area contributed by atoms with Crippen LogP contribution in [0.25, 0.3) is 0 Å². The number of nitrogen functional groups attached to an aromatic ring is 1. The lowest BCUT2D eigenvalue weighted by Crippen LogP contribution is -2.06. The summed E-state index contributed by atoms with van der Waals surface area (Å²) in [6.07, 6.45) is 0.840. The number of hydrogen-bond donors (Lipinski definition) is 2. The molecule has 0 aliphatic carbocycles. The fraction of sp³-hybridized carbons (Fsp3) is 0.200. The van der Waals surface area contributed by atoms with Crippen LogP contribution >= 0.6 is 15.9 Å². The average Bonchev–Trinajstić information content (AvgIpc) is 2.85. The summed E-state index contributed by atoms with van der Waals surface area (Å²) in [7, 11) is 0. The van der Waals surface area contributed by atoms with Crippen molar-refractivity contribution in [3.8, 4) is 5.75 Å². The van der Waals surface area contributed by atoms with Crippen molar-refractivity contribution in [3.05, 3.63) is 51.5 Å². The summed E-state index contributed by atoms with van der Waals surface area (Å²) in [6, 6.07) is 6.06. The van der Waals surface area contributed by atoms with Crippen LogP contribution in [0.5, 0.6) is 5.75 Å². The monoisotopic (exact) mass is 354 g/mol. The van der Waals surface area contributed by atoms with Gasteiger partial charge in [-0.05, 0) is 29.8 Å². The molecule has 0 atom stereocenters. The Bertz CT molecular complexity index is 683. The lowest BCUT2D eigenvalue weighted by Gasteiger charge is -2.13. The number of hydrogen-bond acceptors (Lipinski definition) is 3. The molecule has 2 aromatic rings. The highest BCUT2D eigenvalue weighted by Crippen LogP contribution is 2.34. The molecule has 0 amide bonds. The Morgan fingerprint density at radius 2 is 1.90 bits per heavy atom. The molecule has 3 rings (SSSR count). The highest BCUT2D eigenvalue weighted by molar-refractivity contribution is 9.10. The van der Waals surface area contributed by atoms with Crippen molar-refractivity contribution in [2.24, 2.45) is 0 Å². The van der Waals surface area contributed by atoms with Crippen LogP contribution in [0.2, 0.25) is 0 Å². The van der Waals surface area contributed by atoms with E-state index < -0.39 is 11.6 Å². The minimum Gasteiger partial charge on any atom is -0.493 e. The summed E-state index contributed by atoms with van der Waals surface area (Å²) in [6.45, 7) is 0.892. The van der Waals surface area contributed by atoms with Gasteiger partial charge in [-0.15, -0.1) is 0 Å². The van der Waals surface area contributed by atoms with Crippen molar-refractivity contribution in [2.45, 2.75) is 13.0 Å². The number of nitrogens with one attached hydrogen (secondary N) is 1. The van der Waals surface area contributed by atoms with Gasteiger partial charge >= 0.3 is 0 Å². The molecule has 3 N–H and O–H groups in total. The van der Waals surface area contributed by atoms with Gasteiger partial charge in [0.2, 0.25) is 0 Å². The summed E-state index contributed by atoms with van der Waals surface area (Å²) < 4.78 is 34.0. The summed E-state index contributed by atoms with van der Waals surface area (Å²) in [4.78, 5) is 0. The molecule has 6 heteroatoms. The van der Waals surface area contributed by atoms with Gasteiger partial charge in [-0.25, -0.2) is 8.78 Å². The predicted octanol–water partition coefficient (Wildman–Crippen LogP) is 3.86. The van der Waals surface area contributed by atoms with Crippen LogP contribution in [0.4, 0.5) is 20.2 Å². The van der Waals surface area contributed by atoms with Gasteiger partial charge in [0.25, 0.3) is 0 Å². The van der Waals surface area contributed by atoms with Crippen LogP contribution in [0.15, 0.2) is 28.7 Å². The van der Waals surface area contributed by atoms with E-state index in [1.807, 2.05) is 12.1 Å². The Morgan fingerprint density at radius 1 is 1.19 bits per heavy atom. The third kappa shape index (κ3) is 2.81. The van der Waals surface area contributed by atoms with Gasteiger partial charge < -0.3 is 15.8 Å². The minimum absolute atomic E-state index is 0.0576. The molecular formula is C15H13BrF2N2O. The van der Waals surface area contributed by atoms with Crippen LogP contribution in [0.1, 0.15) is 11.1 Å². The minimum atomic E-state index is -0.708. The summed E-state index contributed by atoms with van der Waals surface area (Å²) in [5, 5.41) is 2.78. The first kappa shape index (κ1) is 14.1. The number of benzene rings is 2. The molecule has 0 fully saturated rings. The molecule has 110 valence electrons. The summed E-state index contributed by atoms with van der Waals surface area (Å²) >= 11 is 3.43. The van der Waals surface area contributed by atoms with Gasteiger partial charge in [0, 0.05) is 28.7 Å². The van der Waals surface area contributed by atoms with E-state index in [1.165, 1.54) is 0 Å². The molecule has 0 spiro atoms. The van der Waals surface area contributed by atoms with Gasteiger partial charge in [-0.3, -0.25) is 0 Å². The zero-order chi connectivity index (χ0) is 15.0. The fourth-order valence-electron chi connectivity index (χ4n) is 2.42. The largest absolute Gasteiger partial charge is 0.493 e. The second kappa shape index (κ2) is 5.52. The molecule has 1 aliphatic rings. The number of rotatable bonds is 3. The Hall–Kier alpha value is -1.82. The van der Waals surface area contributed by atoms with Crippen molar-refractivity contribution in [2.75, 3.05) is 17.7 Å². The zero-order valence-corrected chi connectivity index (χ0v) is 12.6. The maximum Gasteiger partial charge on any atom is 0.151 e. The SMILES string of the molecule is Nc1cc(F)c(NCc2cc(Br)cc3c2OCC3)c(F)c1. The maximum atomic E-state index is 13.7. The van der Waals surface area contributed by atoms with Crippen LogP contribution in [0, 0.1) is 11.6 Å². The highest BCUT2D eigenvalue weighted by atomic mass is 79.9. The van der Waals surface area contributed by atoms with Crippen molar-refractivity contribution in [3.63, 3.8) is 0 Å². The molecule has 0 aromatic heterocycles. The van der Waals surface area contributed by atoms with E-state index in [0.717, 1.165) is 39.9 Å². The van der Waals surface area contributed by atoms with Crippen LogP contribution in [-0.4, -0.2) is 6.61 Å². The smallest absolute Gasteiger partial charge is 0.151 e. The van der Waals surface area contributed by atoms with E-state index in [-0.39, 0.29) is 17.9 Å².